The maximum atomic E-state index is 12.5. The second-order valence-corrected chi connectivity index (χ2v) is 5.71. The molecule has 2 aromatic heterocycles. The molecule has 0 spiro atoms. The molecule has 1 aromatic carbocycles. The van der Waals surface area contributed by atoms with Crippen LogP contribution >= 0.6 is 15.9 Å². The van der Waals surface area contributed by atoms with Gasteiger partial charge in [0, 0.05) is 30.5 Å². The van der Waals surface area contributed by atoms with E-state index in [9.17, 15) is 4.79 Å². The van der Waals surface area contributed by atoms with E-state index in [-0.39, 0.29) is 5.91 Å². The number of rotatable bonds is 3. The maximum absolute atomic E-state index is 12.5. The number of halogens is 1. The van der Waals surface area contributed by atoms with E-state index < -0.39 is 0 Å². The molecule has 5 heteroatoms. The molecule has 21 heavy (non-hydrogen) atoms. The first-order chi connectivity index (χ1) is 10.2. The summed E-state index contributed by atoms with van der Waals surface area (Å²) in [5.74, 6) is -0.106. The summed E-state index contributed by atoms with van der Waals surface area (Å²) in [5, 5.41) is 1.15. The summed E-state index contributed by atoms with van der Waals surface area (Å²) in [6.45, 7) is 0.527. The lowest BCUT2D eigenvalue weighted by atomic mass is 10.1. The number of para-hydroxylation sites is 1. The first-order valence-electron chi connectivity index (χ1n) is 6.58. The molecule has 0 bridgehead atoms. The molecule has 1 amide bonds. The van der Waals surface area contributed by atoms with Crippen molar-refractivity contribution in [2.24, 2.45) is 0 Å². The zero-order valence-electron chi connectivity index (χ0n) is 11.5. The van der Waals surface area contributed by atoms with Crippen LogP contribution in [0.5, 0.6) is 0 Å². The van der Waals surface area contributed by atoms with Crippen molar-refractivity contribution < 1.29 is 4.79 Å². The molecule has 106 valence electrons. The molecule has 0 aliphatic rings. The minimum Gasteiger partial charge on any atom is -0.361 e. The molecule has 0 saturated carbocycles. The number of carbonyl (C=O) groups excluding carboxylic acids is 1. The van der Waals surface area contributed by atoms with Crippen LogP contribution in [0, 0.1) is 0 Å². The van der Waals surface area contributed by atoms with Gasteiger partial charge in [0.25, 0.3) is 5.91 Å². The van der Waals surface area contributed by atoms with E-state index >= 15 is 0 Å². The highest BCUT2D eigenvalue weighted by atomic mass is 79.9. The van der Waals surface area contributed by atoms with Gasteiger partial charge in [-0.1, -0.05) is 18.2 Å². The lowest BCUT2D eigenvalue weighted by Gasteiger charge is -2.18. The molecular formula is C16H14BrN3O. The summed E-state index contributed by atoms with van der Waals surface area (Å²) >= 11 is 3.37. The Morgan fingerprint density at radius 3 is 2.95 bits per heavy atom. The third-order valence-corrected chi connectivity index (χ3v) is 4.03. The maximum Gasteiger partial charge on any atom is 0.273 e. The SMILES string of the molecule is CN(Cc1cccc2cc[nH]c12)C(=O)c1ncccc1Br. The van der Waals surface area contributed by atoms with Gasteiger partial charge in [0.1, 0.15) is 5.69 Å². The van der Waals surface area contributed by atoms with Gasteiger partial charge in [0.05, 0.1) is 5.52 Å². The third-order valence-electron chi connectivity index (χ3n) is 3.39. The Hall–Kier alpha value is -2.14. The largest absolute Gasteiger partial charge is 0.361 e. The summed E-state index contributed by atoms with van der Waals surface area (Å²) in [5.41, 5.74) is 2.58. The quantitative estimate of drug-likeness (QED) is 0.789. The number of carbonyl (C=O) groups is 1. The Bertz CT molecular complexity index is 797. The van der Waals surface area contributed by atoms with Crippen LogP contribution in [0.1, 0.15) is 16.1 Å². The lowest BCUT2D eigenvalue weighted by molar-refractivity contribution is 0.0779. The van der Waals surface area contributed by atoms with Crippen molar-refractivity contribution in [2.45, 2.75) is 6.54 Å². The standard InChI is InChI=1S/C16H14BrN3O/c1-20(16(21)15-13(17)6-3-8-18-15)10-12-5-2-4-11-7-9-19-14(11)12/h2-9,19H,10H2,1H3. The monoisotopic (exact) mass is 343 g/mol. The van der Waals surface area contributed by atoms with E-state index in [1.165, 1.54) is 0 Å². The van der Waals surface area contributed by atoms with Crippen LogP contribution in [0.3, 0.4) is 0 Å². The molecule has 0 saturated heterocycles. The predicted molar refractivity (Wildman–Crippen MR) is 86.0 cm³/mol. The normalized spacial score (nSPS) is 10.8. The Labute approximate surface area is 130 Å². The number of hydrogen-bond acceptors (Lipinski definition) is 2. The van der Waals surface area contributed by atoms with Crippen molar-refractivity contribution in [3.05, 3.63) is 64.5 Å². The van der Waals surface area contributed by atoms with E-state index in [2.05, 4.69) is 25.9 Å². The van der Waals surface area contributed by atoms with Gasteiger partial charge in [-0.25, -0.2) is 4.98 Å². The van der Waals surface area contributed by atoms with E-state index in [0.717, 1.165) is 16.5 Å². The lowest BCUT2D eigenvalue weighted by Crippen LogP contribution is -2.27. The molecule has 2 heterocycles. The number of nitrogens with one attached hydrogen (secondary N) is 1. The highest BCUT2D eigenvalue weighted by Gasteiger charge is 2.17. The highest BCUT2D eigenvalue weighted by molar-refractivity contribution is 9.10. The highest BCUT2D eigenvalue weighted by Crippen LogP contribution is 2.20. The van der Waals surface area contributed by atoms with Crippen LogP contribution in [0.15, 0.2) is 53.3 Å². The van der Waals surface area contributed by atoms with Gasteiger partial charge < -0.3 is 9.88 Å². The molecule has 3 aromatic rings. The van der Waals surface area contributed by atoms with E-state index in [0.29, 0.717) is 16.7 Å². The van der Waals surface area contributed by atoms with Gasteiger partial charge in [-0.05, 0) is 45.1 Å². The van der Waals surface area contributed by atoms with E-state index in [1.54, 1.807) is 24.2 Å². The summed E-state index contributed by atoms with van der Waals surface area (Å²) in [4.78, 5) is 21.5. The number of nitrogens with zero attached hydrogens (tertiary/aromatic N) is 2. The van der Waals surface area contributed by atoms with E-state index in [4.69, 9.17) is 0 Å². The van der Waals surface area contributed by atoms with Crippen LogP contribution in [0.2, 0.25) is 0 Å². The topological polar surface area (TPSA) is 49.0 Å². The fourth-order valence-corrected chi connectivity index (χ4v) is 2.76. The summed E-state index contributed by atoms with van der Waals surface area (Å²) in [6, 6.07) is 11.7. The molecule has 0 aliphatic carbocycles. The van der Waals surface area contributed by atoms with Gasteiger partial charge >= 0.3 is 0 Å². The van der Waals surface area contributed by atoms with Crippen molar-refractivity contribution in [3.8, 4) is 0 Å². The number of hydrogen-bond donors (Lipinski definition) is 1. The van der Waals surface area contributed by atoms with Gasteiger partial charge in [0.2, 0.25) is 0 Å². The van der Waals surface area contributed by atoms with Gasteiger partial charge in [-0.3, -0.25) is 4.79 Å². The summed E-state index contributed by atoms with van der Waals surface area (Å²) in [6.07, 6.45) is 3.53. The number of amides is 1. The molecule has 0 unspecified atom stereocenters. The zero-order valence-corrected chi connectivity index (χ0v) is 13.1. The molecule has 0 atom stereocenters. The van der Waals surface area contributed by atoms with Crippen molar-refractivity contribution in [1.82, 2.24) is 14.9 Å². The van der Waals surface area contributed by atoms with Gasteiger partial charge in [0.15, 0.2) is 0 Å². The molecule has 4 nitrogen and oxygen atoms in total. The second kappa shape index (κ2) is 5.69. The smallest absolute Gasteiger partial charge is 0.273 e. The van der Waals surface area contributed by atoms with Crippen molar-refractivity contribution in [3.63, 3.8) is 0 Å². The summed E-state index contributed by atoms with van der Waals surface area (Å²) < 4.78 is 0.708. The average molecular weight is 344 g/mol. The number of aromatic nitrogens is 2. The zero-order chi connectivity index (χ0) is 14.8. The van der Waals surface area contributed by atoms with Crippen molar-refractivity contribution >= 4 is 32.7 Å². The number of benzene rings is 1. The first-order valence-corrected chi connectivity index (χ1v) is 7.37. The number of fused-ring (bicyclic) bond motifs is 1. The Kier molecular flexibility index (Phi) is 3.75. The van der Waals surface area contributed by atoms with Crippen LogP contribution in [-0.2, 0) is 6.54 Å². The van der Waals surface area contributed by atoms with Crippen molar-refractivity contribution in [1.29, 1.82) is 0 Å². The minimum absolute atomic E-state index is 0.106. The molecule has 0 aliphatic heterocycles. The fourth-order valence-electron chi connectivity index (χ4n) is 2.33. The Balaban J connectivity index is 1.86. The van der Waals surface area contributed by atoms with Crippen LogP contribution in [0.25, 0.3) is 10.9 Å². The summed E-state index contributed by atoms with van der Waals surface area (Å²) in [7, 11) is 1.78. The van der Waals surface area contributed by atoms with Crippen LogP contribution in [-0.4, -0.2) is 27.8 Å². The fraction of sp³-hybridized carbons (Fsp3) is 0.125. The Morgan fingerprint density at radius 1 is 1.29 bits per heavy atom. The van der Waals surface area contributed by atoms with Crippen molar-refractivity contribution in [2.75, 3.05) is 7.05 Å². The van der Waals surface area contributed by atoms with Gasteiger partial charge in [-0.15, -0.1) is 0 Å². The Morgan fingerprint density at radius 2 is 2.14 bits per heavy atom. The number of pyridine rings is 1. The molecular weight excluding hydrogens is 330 g/mol. The molecule has 0 radical (unpaired) electrons. The molecule has 0 fully saturated rings. The molecule has 3 rings (SSSR count). The third kappa shape index (κ3) is 2.69. The predicted octanol–water partition coefficient (Wildman–Crippen LogP) is 3.60. The number of H-pyrrole nitrogens is 1. The van der Waals surface area contributed by atoms with E-state index in [1.807, 2.05) is 36.5 Å². The second-order valence-electron chi connectivity index (χ2n) is 4.85. The number of aromatic amines is 1. The molecule has 1 N–H and O–H groups in total. The minimum atomic E-state index is -0.106. The first kappa shape index (κ1) is 13.8. The average Bonchev–Trinajstić information content (AvgIpc) is 2.96. The van der Waals surface area contributed by atoms with Gasteiger partial charge in [-0.2, -0.15) is 0 Å². The van der Waals surface area contributed by atoms with Crippen LogP contribution < -0.4 is 0 Å². The van der Waals surface area contributed by atoms with Crippen LogP contribution in [0.4, 0.5) is 0 Å².